The molecule has 0 radical (unpaired) electrons. The Balaban J connectivity index is 2.24. The molecule has 0 amide bonds. The van der Waals surface area contributed by atoms with Crippen molar-refractivity contribution in [2.75, 3.05) is 5.73 Å². The minimum atomic E-state index is -0.516. The summed E-state index contributed by atoms with van der Waals surface area (Å²) in [6.07, 6.45) is 0. The molecule has 100 valence electrons. The summed E-state index contributed by atoms with van der Waals surface area (Å²) in [6, 6.07) is 13.9. The number of hydrogen-bond acceptors (Lipinski definition) is 3. The van der Waals surface area contributed by atoms with Crippen LogP contribution in [0.2, 0.25) is 5.02 Å². The van der Waals surface area contributed by atoms with E-state index in [1.54, 1.807) is 12.1 Å². The van der Waals surface area contributed by atoms with Crippen LogP contribution in [-0.2, 0) is 0 Å². The van der Waals surface area contributed by atoms with E-state index < -0.39 is 5.82 Å². The molecular weight excluding hydrogens is 279 g/mol. The predicted molar refractivity (Wildman–Crippen MR) is 76.8 cm³/mol. The predicted octanol–water partition coefficient (Wildman–Crippen LogP) is 4.38. The van der Waals surface area contributed by atoms with Crippen molar-refractivity contribution < 1.29 is 8.91 Å². The number of hydrogen-bond donors (Lipinski definition) is 1. The Morgan fingerprint density at radius 3 is 2.55 bits per heavy atom. The van der Waals surface area contributed by atoms with Gasteiger partial charge in [-0.25, -0.2) is 4.39 Å². The number of nitrogen functional groups attached to an aromatic ring is 1. The molecule has 0 unspecified atom stereocenters. The second-order valence-corrected chi connectivity index (χ2v) is 4.62. The summed E-state index contributed by atoms with van der Waals surface area (Å²) in [5.74, 6) is 0.0860. The van der Waals surface area contributed by atoms with Gasteiger partial charge in [-0.3, -0.25) is 0 Å². The molecule has 0 bridgehead atoms. The van der Waals surface area contributed by atoms with Crippen LogP contribution in [0.5, 0.6) is 0 Å². The zero-order valence-corrected chi connectivity index (χ0v) is 11.1. The molecule has 2 N–H and O–H groups in total. The molecule has 1 heterocycles. The lowest BCUT2D eigenvalue weighted by atomic mass is 10.0. The number of anilines is 1. The molecule has 0 saturated heterocycles. The summed E-state index contributed by atoms with van der Waals surface area (Å²) >= 11 is 5.99. The lowest BCUT2D eigenvalue weighted by Gasteiger charge is -2.05. The van der Waals surface area contributed by atoms with Gasteiger partial charge in [0.2, 0.25) is 0 Å². The van der Waals surface area contributed by atoms with Crippen molar-refractivity contribution in [2.24, 2.45) is 0 Å². The third kappa shape index (κ3) is 2.04. The van der Waals surface area contributed by atoms with Gasteiger partial charge in [-0.15, -0.1) is 0 Å². The first-order valence-electron chi connectivity index (χ1n) is 5.93. The van der Waals surface area contributed by atoms with Gasteiger partial charge in [0.25, 0.3) is 0 Å². The van der Waals surface area contributed by atoms with E-state index in [4.69, 9.17) is 21.9 Å². The molecule has 0 aliphatic rings. The normalized spacial score (nSPS) is 10.7. The molecule has 0 fully saturated rings. The van der Waals surface area contributed by atoms with Crippen LogP contribution in [0.25, 0.3) is 22.5 Å². The minimum Gasteiger partial charge on any atom is -0.380 e. The molecule has 1 aromatic heterocycles. The number of nitrogens with two attached hydrogens (primary N) is 1. The van der Waals surface area contributed by atoms with E-state index in [1.165, 1.54) is 6.07 Å². The highest BCUT2D eigenvalue weighted by Gasteiger charge is 2.20. The second-order valence-electron chi connectivity index (χ2n) is 4.24. The van der Waals surface area contributed by atoms with Gasteiger partial charge in [0.05, 0.1) is 10.6 Å². The Hall–Kier alpha value is -2.33. The first-order chi connectivity index (χ1) is 9.68. The number of nitrogens with zero attached hydrogens (tertiary/aromatic N) is 1. The van der Waals surface area contributed by atoms with Gasteiger partial charge in [0.1, 0.15) is 5.82 Å². The van der Waals surface area contributed by atoms with Gasteiger partial charge < -0.3 is 10.3 Å². The molecule has 5 heteroatoms. The van der Waals surface area contributed by atoms with E-state index in [0.29, 0.717) is 16.9 Å². The Kier molecular flexibility index (Phi) is 3.16. The van der Waals surface area contributed by atoms with Crippen molar-refractivity contribution in [3.05, 3.63) is 59.4 Å². The van der Waals surface area contributed by atoms with Gasteiger partial charge >= 0.3 is 0 Å². The van der Waals surface area contributed by atoms with Crippen LogP contribution in [0.1, 0.15) is 0 Å². The fourth-order valence-electron chi connectivity index (χ4n) is 2.05. The molecule has 0 saturated carbocycles. The van der Waals surface area contributed by atoms with Crippen molar-refractivity contribution >= 4 is 17.4 Å². The molecule has 0 aliphatic carbocycles. The summed E-state index contributed by atoms with van der Waals surface area (Å²) in [5.41, 5.74) is 7.73. The molecule has 0 atom stereocenters. The van der Waals surface area contributed by atoms with Crippen LogP contribution in [0.4, 0.5) is 10.2 Å². The Morgan fingerprint density at radius 2 is 1.80 bits per heavy atom. The molecule has 2 aromatic carbocycles. The van der Waals surface area contributed by atoms with Crippen molar-refractivity contribution in [1.82, 2.24) is 5.16 Å². The standard InChI is InChI=1S/C15H10ClFN2O/c16-13-10(7-4-8-11(13)17)14-12(15(18)19-20-14)9-5-2-1-3-6-9/h1-8H,(H2,18,19). The number of rotatable bonds is 2. The van der Waals surface area contributed by atoms with E-state index in [0.717, 1.165) is 5.56 Å². The largest absolute Gasteiger partial charge is 0.380 e. The summed E-state index contributed by atoms with van der Waals surface area (Å²) in [6.45, 7) is 0. The van der Waals surface area contributed by atoms with Crippen molar-refractivity contribution in [3.8, 4) is 22.5 Å². The fraction of sp³-hybridized carbons (Fsp3) is 0. The van der Waals surface area contributed by atoms with Crippen molar-refractivity contribution in [1.29, 1.82) is 0 Å². The second kappa shape index (κ2) is 4.98. The van der Waals surface area contributed by atoms with Gasteiger partial charge in [-0.05, 0) is 17.7 Å². The van der Waals surface area contributed by atoms with Crippen LogP contribution >= 0.6 is 11.6 Å². The monoisotopic (exact) mass is 288 g/mol. The first kappa shape index (κ1) is 12.7. The van der Waals surface area contributed by atoms with Gasteiger partial charge in [0, 0.05) is 5.56 Å². The van der Waals surface area contributed by atoms with Gasteiger partial charge in [-0.2, -0.15) is 0 Å². The maximum absolute atomic E-state index is 13.6. The van der Waals surface area contributed by atoms with Crippen molar-refractivity contribution in [2.45, 2.75) is 0 Å². The zero-order valence-electron chi connectivity index (χ0n) is 10.3. The maximum atomic E-state index is 13.6. The Bertz CT molecular complexity index is 756. The van der Waals surface area contributed by atoms with E-state index in [9.17, 15) is 4.39 Å². The Morgan fingerprint density at radius 1 is 1.05 bits per heavy atom. The molecule has 0 aliphatic heterocycles. The Labute approximate surface area is 119 Å². The zero-order chi connectivity index (χ0) is 14.1. The van der Waals surface area contributed by atoms with E-state index in [2.05, 4.69) is 5.16 Å². The van der Waals surface area contributed by atoms with Crippen LogP contribution in [0, 0.1) is 5.82 Å². The molecule has 3 rings (SSSR count). The molecule has 3 aromatic rings. The first-order valence-corrected chi connectivity index (χ1v) is 6.31. The highest BCUT2D eigenvalue weighted by molar-refractivity contribution is 6.33. The van der Waals surface area contributed by atoms with Crippen molar-refractivity contribution in [3.63, 3.8) is 0 Å². The summed E-state index contributed by atoms with van der Waals surface area (Å²) in [5, 5.41) is 3.75. The van der Waals surface area contributed by atoms with Crippen LogP contribution in [0.15, 0.2) is 53.1 Å². The van der Waals surface area contributed by atoms with E-state index in [-0.39, 0.29) is 10.8 Å². The number of benzene rings is 2. The molecule has 20 heavy (non-hydrogen) atoms. The highest BCUT2D eigenvalue weighted by Crippen LogP contribution is 2.39. The topological polar surface area (TPSA) is 52.0 Å². The average molecular weight is 289 g/mol. The van der Waals surface area contributed by atoms with Gasteiger partial charge in [0.15, 0.2) is 11.6 Å². The number of halogens is 2. The number of aromatic nitrogens is 1. The third-order valence-corrected chi connectivity index (χ3v) is 3.36. The lowest BCUT2D eigenvalue weighted by Crippen LogP contribution is -1.89. The molecule has 3 nitrogen and oxygen atoms in total. The van der Waals surface area contributed by atoms with E-state index in [1.807, 2.05) is 30.3 Å². The fourth-order valence-corrected chi connectivity index (χ4v) is 2.26. The SMILES string of the molecule is Nc1noc(-c2cccc(F)c2Cl)c1-c1ccccc1. The highest BCUT2D eigenvalue weighted by atomic mass is 35.5. The summed E-state index contributed by atoms with van der Waals surface area (Å²) in [7, 11) is 0. The third-order valence-electron chi connectivity index (χ3n) is 2.98. The molecular formula is C15H10ClFN2O. The maximum Gasteiger partial charge on any atom is 0.178 e. The molecule has 0 spiro atoms. The van der Waals surface area contributed by atoms with Gasteiger partial charge in [-0.1, -0.05) is 53.2 Å². The van der Waals surface area contributed by atoms with Crippen LogP contribution in [0.3, 0.4) is 0 Å². The smallest absolute Gasteiger partial charge is 0.178 e. The summed E-state index contributed by atoms with van der Waals surface area (Å²) in [4.78, 5) is 0. The van der Waals surface area contributed by atoms with E-state index >= 15 is 0 Å². The minimum absolute atomic E-state index is 0.0131. The quantitative estimate of drug-likeness (QED) is 0.761. The lowest BCUT2D eigenvalue weighted by molar-refractivity contribution is 0.436. The van der Waals surface area contributed by atoms with Crippen LogP contribution in [-0.4, -0.2) is 5.16 Å². The average Bonchev–Trinajstić information content (AvgIpc) is 2.84. The summed E-state index contributed by atoms with van der Waals surface area (Å²) < 4.78 is 18.8. The van der Waals surface area contributed by atoms with Crippen LogP contribution < -0.4 is 5.73 Å².